The number of carbonyl (C=O) groups is 1. The summed E-state index contributed by atoms with van der Waals surface area (Å²) in [5, 5.41) is 24.2. The van der Waals surface area contributed by atoms with Gasteiger partial charge in [0.25, 0.3) is 0 Å². The molecule has 1 heterocycles. The number of hydrogen-bond donors (Lipinski definition) is 1. The van der Waals surface area contributed by atoms with Gasteiger partial charge in [0.1, 0.15) is 6.07 Å². The highest BCUT2D eigenvalue weighted by Gasteiger charge is 2.18. The Morgan fingerprint density at radius 3 is 3.00 bits per heavy atom. The summed E-state index contributed by atoms with van der Waals surface area (Å²) in [6, 6.07) is 1.04. The Labute approximate surface area is 74.4 Å². The highest BCUT2D eigenvalue weighted by atomic mass is 16.4. The van der Waals surface area contributed by atoms with E-state index in [1.165, 1.54) is 10.9 Å². The van der Waals surface area contributed by atoms with Gasteiger partial charge in [0.15, 0.2) is 11.7 Å². The van der Waals surface area contributed by atoms with Crippen LogP contribution < -0.4 is 0 Å². The van der Waals surface area contributed by atoms with Crippen LogP contribution in [0.25, 0.3) is 0 Å². The van der Waals surface area contributed by atoms with E-state index >= 15 is 0 Å². The molecule has 1 aromatic heterocycles. The zero-order chi connectivity index (χ0) is 9.84. The lowest BCUT2D eigenvalue weighted by molar-refractivity contribution is -0.141. The molecule has 0 bridgehead atoms. The summed E-state index contributed by atoms with van der Waals surface area (Å²) in [6.45, 7) is 1.73. The summed E-state index contributed by atoms with van der Waals surface area (Å²) < 4.78 is 1.18. The van der Waals surface area contributed by atoms with Crippen molar-refractivity contribution < 1.29 is 9.90 Å². The van der Waals surface area contributed by atoms with E-state index in [-0.39, 0.29) is 5.69 Å². The molecular formula is C7H8N4O2. The SMILES string of the molecule is CCC(C(=O)O)n1cc(C#N)nn1. The first-order valence-electron chi connectivity index (χ1n) is 3.73. The summed E-state index contributed by atoms with van der Waals surface area (Å²) in [4.78, 5) is 10.7. The van der Waals surface area contributed by atoms with Crippen LogP contribution in [0.1, 0.15) is 25.1 Å². The number of carboxylic acid groups (broad SMARTS) is 1. The minimum absolute atomic E-state index is 0.125. The molecular weight excluding hydrogens is 172 g/mol. The van der Waals surface area contributed by atoms with Gasteiger partial charge in [0.2, 0.25) is 0 Å². The van der Waals surface area contributed by atoms with Gasteiger partial charge in [-0.2, -0.15) is 5.26 Å². The van der Waals surface area contributed by atoms with Crippen molar-refractivity contribution in [1.29, 1.82) is 5.26 Å². The van der Waals surface area contributed by atoms with Gasteiger partial charge in [-0.15, -0.1) is 5.10 Å². The van der Waals surface area contributed by atoms with Gasteiger partial charge < -0.3 is 5.11 Å². The third kappa shape index (κ3) is 1.82. The van der Waals surface area contributed by atoms with Gasteiger partial charge >= 0.3 is 5.97 Å². The van der Waals surface area contributed by atoms with E-state index in [1.54, 1.807) is 13.0 Å². The largest absolute Gasteiger partial charge is 0.480 e. The van der Waals surface area contributed by atoms with Crippen LogP contribution in [0.5, 0.6) is 0 Å². The van der Waals surface area contributed by atoms with Gasteiger partial charge in [-0.05, 0) is 6.42 Å². The van der Waals surface area contributed by atoms with Gasteiger partial charge in [-0.3, -0.25) is 0 Å². The molecule has 0 aliphatic carbocycles. The van der Waals surface area contributed by atoms with Crippen molar-refractivity contribution in [2.45, 2.75) is 19.4 Å². The fourth-order valence-corrected chi connectivity index (χ4v) is 0.955. The lowest BCUT2D eigenvalue weighted by atomic mass is 10.2. The molecule has 0 amide bonds. The topological polar surface area (TPSA) is 91.8 Å². The van der Waals surface area contributed by atoms with Crippen molar-refractivity contribution in [3.63, 3.8) is 0 Å². The molecule has 1 rings (SSSR count). The fourth-order valence-electron chi connectivity index (χ4n) is 0.955. The van der Waals surface area contributed by atoms with Gasteiger partial charge in [-0.25, -0.2) is 9.48 Å². The molecule has 0 aliphatic rings. The van der Waals surface area contributed by atoms with Crippen molar-refractivity contribution in [1.82, 2.24) is 15.0 Å². The maximum absolute atomic E-state index is 10.7. The Morgan fingerprint density at radius 1 is 1.92 bits per heavy atom. The molecule has 0 fully saturated rings. The highest BCUT2D eigenvalue weighted by Crippen LogP contribution is 2.09. The summed E-state index contributed by atoms with van der Waals surface area (Å²) in [5.41, 5.74) is 0.125. The Balaban J connectivity index is 2.93. The molecule has 0 aromatic carbocycles. The lowest BCUT2D eigenvalue weighted by Gasteiger charge is -2.07. The normalized spacial score (nSPS) is 12.0. The van der Waals surface area contributed by atoms with Crippen LogP contribution >= 0.6 is 0 Å². The number of rotatable bonds is 3. The molecule has 1 atom stereocenters. The molecule has 0 spiro atoms. The van der Waals surface area contributed by atoms with E-state index in [0.29, 0.717) is 6.42 Å². The molecule has 13 heavy (non-hydrogen) atoms. The summed E-state index contributed by atoms with van der Waals surface area (Å²) in [7, 11) is 0. The zero-order valence-electron chi connectivity index (χ0n) is 7.01. The van der Waals surface area contributed by atoms with Crippen molar-refractivity contribution in [2.75, 3.05) is 0 Å². The van der Waals surface area contributed by atoms with Crippen LogP contribution in [0.4, 0.5) is 0 Å². The minimum atomic E-state index is -0.975. The average Bonchev–Trinajstić information content (AvgIpc) is 2.53. The predicted octanol–water partition coefficient (Wildman–Crippen LogP) is 0.185. The maximum Gasteiger partial charge on any atom is 0.328 e. The number of nitrogens with zero attached hydrogens (tertiary/aromatic N) is 4. The first kappa shape index (κ1) is 9.19. The van der Waals surface area contributed by atoms with E-state index in [9.17, 15) is 4.79 Å². The van der Waals surface area contributed by atoms with E-state index in [0.717, 1.165) is 0 Å². The molecule has 68 valence electrons. The van der Waals surface area contributed by atoms with Crippen LogP contribution in [0, 0.1) is 11.3 Å². The van der Waals surface area contributed by atoms with Gasteiger partial charge in [0, 0.05) is 0 Å². The molecule has 0 saturated heterocycles. The van der Waals surface area contributed by atoms with Gasteiger partial charge in [-0.1, -0.05) is 12.1 Å². The van der Waals surface area contributed by atoms with E-state index in [2.05, 4.69) is 10.3 Å². The molecule has 0 radical (unpaired) electrons. The summed E-state index contributed by atoms with van der Waals surface area (Å²) >= 11 is 0. The summed E-state index contributed by atoms with van der Waals surface area (Å²) in [6.07, 6.45) is 1.73. The molecule has 1 N–H and O–H groups in total. The van der Waals surface area contributed by atoms with Crippen molar-refractivity contribution >= 4 is 5.97 Å². The Morgan fingerprint density at radius 2 is 2.62 bits per heavy atom. The van der Waals surface area contributed by atoms with Crippen molar-refractivity contribution in [2.24, 2.45) is 0 Å². The minimum Gasteiger partial charge on any atom is -0.480 e. The Kier molecular flexibility index (Phi) is 2.59. The molecule has 1 unspecified atom stereocenters. The van der Waals surface area contributed by atoms with E-state index in [4.69, 9.17) is 10.4 Å². The second kappa shape index (κ2) is 3.67. The molecule has 0 aliphatic heterocycles. The number of hydrogen-bond acceptors (Lipinski definition) is 4. The first-order valence-corrected chi connectivity index (χ1v) is 3.73. The van der Waals surface area contributed by atoms with Crippen molar-refractivity contribution in [3.05, 3.63) is 11.9 Å². The molecule has 0 saturated carbocycles. The smallest absolute Gasteiger partial charge is 0.328 e. The fraction of sp³-hybridized carbons (Fsp3) is 0.429. The van der Waals surface area contributed by atoms with Crippen LogP contribution in [0.3, 0.4) is 0 Å². The second-order valence-electron chi connectivity index (χ2n) is 2.46. The third-order valence-corrected chi connectivity index (χ3v) is 1.62. The van der Waals surface area contributed by atoms with Crippen molar-refractivity contribution in [3.8, 4) is 6.07 Å². The monoisotopic (exact) mass is 180 g/mol. The maximum atomic E-state index is 10.7. The number of nitriles is 1. The Bertz CT molecular complexity index is 352. The van der Waals surface area contributed by atoms with Gasteiger partial charge in [0.05, 0.1) is 6.20 Å². The summed E-state index contributed by atoms with van der Waals surface area (Å²) in [5.74, 6) is -0.975. The third-order valence-electron chi connectivity index (χ3n) is 1.62. The Hall–Kier alpha value is -1.90. The number of aromatic nitrogens is 3. The standard InChI is InChI=1S/C7H8N4O2/c1-2-6(7(12)13)11-4-5(3-8)9-10-11/h4,6H,2H2,1H3,(H,12,13). The van der Waals surface area contributed by atoms with E-state index < -0.39 is 12.0 Å². The van der Waals surface area contributed by atoms with Crippen LogP contribution in [-0.4, -0.2) is 26.1 Å². The molecule has 6 nitrogen and oxygen atoms in total. The zero-order valence-corrected chi connectivity index (χ0v) is 7.01. The lowest BCUT2D eigenvalue weighted by Crippen LogP contribution is -2.18. The first-order chi connectivity index (χ1) is 6.19. The highest BCUT2D eigenvalue weighted by molar-refractivity contribution is 5.71. The predicted molar refractivity (Wildman–Crippen MR) is 41.7 cm³/mol. The molecule has 1 aromatic rings. The van der Waals surface area contributed by atoms with Crippen LogP contribution in [0.15, 0.2) is 6.20 Å². The number of carboxylic acids is 1. The quantitative estimate of drug-likeness (QED) is 0.716. The van der Waals surface area contributed by atoms with Crippen LogP contribution in [-0.2, 0) is 4.79 Å². The molecule has 6 heteroatoms. The van der Waals surface area contributed by atoms with E-state index in [1.807, 2.05) is 0 Å². The number of aliphatic carboxylic acids is 1. The van der Waals surface area contributed by atoms with Crippen LogP contribution in [0.2, 0.25) is 0 Å². The average molecular weight is 180 g/mol. The second-order valence-corrected chi connectivity index (χ2v) is 2.46.